The number of imidazole rings is 1. The molecule has 10 nitrogen and oxygen atoms in total. The van der Waals surface area contributed by atoms with E-state index in [-0.39, 0.29) is 63.9 Å². The first-order valence-electron chi connectivity index (χ1n) is 11.3. The lowest BCUT2D eigenvalue weighted by Gasteiger charge is -2.34. The Bertz CT molecular complexity index is 1440. The lowest BCUT2D eigenvalue weighted by molar-refractivity contribution is 0.0803. The summed E-state index contributed by atoms with van der Waals surface area (Å²) in [5.41, 5.74) is -0.863. The Morgan fingerprint density at radius 2 is 1.89 bits per heavy atom. The predicted octanol–water partition coefficient (Wildman–Crippen LogP) is 3.88. The quantitative estimate of drug-likeness (QED) is 0.379. The first-order chi connectivity index (χ1) is 17.8. The Labute approximate surface area is 219 Å². The Hall–Kier alpha value is -3.20. The van der Waals surface area contributed by atoms with Crippen LogP contribution in [0.2, 0.25) is 5.02 Å². The van der Waals surface area contributed by atoms with Gasteiger partial charge in [0.25, 0.3) is 24.6 Å². The van der Waals surface area contributed by atoms with E-state index in [9.17, 15) is 30.8 Å². The molecule has 38 heavy (non-hydrogen) atoms. The van der Waals surface area contributed by atoms with Crippen molar-refractivity contribution in [2.75, 3.05) is 18.1 Å². The highest BCUT2D eigenvalue weighted by atomic mass is 35.5. The number of amides is 1. The van der Waals surface area contributed by atoms with Crippen LogP contribution in [0.5, 0.6) is 17.5 Å². The van der Waals surface area contributed by atoms with Gasteiger partial charge in [0.2, 0.25) is 11.7 Å². The van der Waals surface area contributed by atoms with Gasteiger partial charge in [0, 0.05) is 23.9 Å². The van der Waals surface area contributed by atoms with E-state index in [4.69, 9.17) is 21.1 Å². The number of hydrogen-bond donors (Lipinski definition) is 1. The van der Waals surface area contributed by atoms with Crippen molar-refractivity contribution in [3.05, 3.63) is 35.2 Å². The van der Waals surface area contributed by atoms with Crippen LogP contribution in [0.4, 0.5) is 17.6 Å². The zero-order valence-electron chi connectivity index (χ0n) is 19.8. The van der Waals surface area contributed by atoms with E-state index in [0.29, 0.717) is 0 Å². The van der Waals surface area contributed by atoms with Crippen molar-refractivity contribution in [1.29, 1.82) is 0 Å². The van der Waals surface area contributed by atoms with Gasteiger partial charge >= 0.3 is 0 Å². The van der Waals surface area contributed by atoms with Crippen LogP contribution in [0.25, 0.3) is 11.2 Å². The van der Waals surface area contributed by atoms with Crippen LogP contribution in [0.15, 0.2) is 24.4 Å². The number of nitrogens with one attached hydrogen (secondary N) is 1. The molecule has 1 aliphatic rings. The van der Waals surface area contributed by atoms with E-state index >= 15 is 0 Å². The molecule has 1 N–H and O–H groups in total. The topological polar surface area (TPSA) is 125 Å². The number of carbonyl (C=O) groups excluding carboxylic acids is 1. The first-order valence-corrected chi connectivity index (χ1v) is 13.5. The summed E-state index contributed by atoms with van der Waals surface area (Å²) in [6.07, 6.45) is -4.06. The Kier molecular flexibility index (Phi) is 7.97. The number of rotatable bonds is 9. The molecular formula is C22H22ClF4N5O5S. The third-order valence-electron chi connectivity index (χ3n) is 5.81. The average molecular weight is 580 g/mol. The summed E-state index contributed by atoms with van der Waals surface area (Å²) in [6, 6.07) is 3.88. The van der Waals surface area contributed by atoms with Gasteiger partial charge in [-0.3, -0.25) is 4.79 Å². The van der Waals surface area contributed by atoms with Gasteiger partial charge in [0.05, 0.1) is 28.6 Å². The van der Waals surface area contributed by atoms with E-state index in [2.05, 4.69) is 20.3 Å². The second kappa shape index (κ2) is 10.9. The molecule has 206 valence electrons. The standard InChI is InChI=1S/C22H22ClF4N5O5S/c1-22(4-6-38(34,35)7-5-22)31-20(33)19-30-18-13(32(19)10-15(24)25)2-3-17(29-18)37-21-14(36-11-16(26)27)8-12(23)9-28-21/h2-3,8-9,15-16H,4-7,10-11H2,1H3,(H,31,33). The van der Waals surface area contributed by atoms with Crippen LogP contribution < -0.4 is 14.8 Å². The SMILES string of the molecule is CC1(NC(=O)c2nc3nc(Oc4ncc(Cl)cc4OCC(F)F)ccc3n2CC(F)F)CCS(=O)(=O)CC1. The predicted molar refractivity (Wildman–Crippen MR) is 128 cm³/mol. The van der Waals surface area contributed by atoms with Gasteiger partial charge in [-0.25, -0.2) is 35.9 Å². The number of fused-ring (bicyclic) bond motifs is 1. The summed E-state index contributed by atoms with van der Waals surface area (Å²) in [5.74, 6) is -1.87. The minimum Gasteiger partial charge on any atom is -0.482 e. The molecule has 1 fully saturated rings. The van der Waals surface area contributed by atoms with Crippen molar-refractivity contribution in [2.45, 2.75) is 44.7 Å². The monoisotopic (exact) mass is 579 g/mol. The van der Waals surface area contributed by atoms with E-state index in [1.54, 1.807) is 6.92 Å². The van der Waals surface area contributed by atoms with Crippen molar-refractivity contribution in [2.24, 2.45) is 0 Å². The first kappa shape index (κ1) is 27.8. The van der Waals surface area contributed by atoms with Crippen molar-refractivity contribution in [3.8, 4) is 17.5 Å². The van der Waals surface area contributed by atoms with Crippen molar-refractivity contribution in [1.82, 2.24) is 24.8 Å². The van der Waals surface area contributed by atoms with Gasteiger partial charge in [-0.2, -0.15) is 4.98 Å². The summed E-state index contributed by atoms with van der Waals surface area (Å²) >= 11 is 5.86. The molecule has 1 amide bonds. The number of aromatic nitrogens is 4. The second-order valence-corrected chi connectivity index (χ2v) is 11.6. The fraction of sp³-hybridized carbons (Fsp3) is 0.455. The molecule has 16 heteroatoms. The van der Waals surface area contributed by atoms with Gasteiger partial charge in [0.1, 0.15) is 16.4 Å². The molecule has 3 aromatic rings. The molecule has 4 heterocycles. The lowest BCUT2D eigenvalue weighted by atomic mass is 9.95. The minimum atomic E-state index is -3.20. The summed E-state index contributed by atoms with van der Waals surface area (Å²) in [7, 11) is -3.20. The van der Waals surface area contributed by atoms with Crippen molar-refractivity contribution >= 4 is 38.5 Å². The highest BCUT2D eigenvalue weighted by Crippen LogP contribution is 2.32. The molecule has 3 aromatic heterocycles. The normalized spacial score (nSPS) is 16.6. The number of ether oxygens (including phenoxy) is 2. The van der Waals surface area contributed by atoms with Gasteiger partial charge < -0.3 is 19.4 Å². The van der Waals surface area contributed by atoms with E-state index in [1.807, 2.05) is 0 Å². The molecule has 0 aliphatic carbocycles. The summed E-state index contributed by atoms with van der Waals surface area (Å²) < 4.78 is 87.0. The molecular weight excluding hydrogens is 558 g/mol. The summed E-state index contributed by atoms with van der Waals surface area (Å²) in [5, 5.41) is 2.83. The largest absolute Gasteiger partial charge is 0.482 e. The third-order valence-corrected chi connectivity index (χ3v) is 7.67. The van der Waals surface area contributed by atoms with Gasteiger partial charge in [-0.05, 0) is 25.8 Å². The van der Waals surface area contributed by atoms with E-state index < -0.39 is 47.3 Å². The summed E-state index contributed by atoms with van der Waals surface area (Å²) in [4.78, 5) is 25.3. The van der Waals surface area contributed by atoms with Crippen LogP contribution in [0.3, 0.4) is 0 Å². The zero-order valence-corrected chi connectivity index (χ0v) is 21.4. The fourth-order valence-electron chi connectivity index (χ4n) is 3.83. The Morgan fingerprint density at radius 1 is 1.18 bits per heavy atom. The van der Waals surface area contributed by atoms with E-state index in [0.717, 1.165) is 4.57 Å². The molecule has 4 rings (SSSR count). The van der Waals surface area contributed by atoms with Gasteiger partial charge in [-0.1, -0.05) is 11.6 Å². The molecule has 0 bridgehead atoms. The molecule has 0 radical (unpaired) electrons. The van der Waals surface area contributed by atoms with Gasteiger partial charge in [-0.15, -0.1) is 0 Å². The molecule has 1 aliphatic heterocycles. The van der Waals surface area contributed by atoms with Crippen LogP contribution in [0.1, 0.15) is 30.4 Å². The highest BCUT2D eigenvalue weighted by Gasteiger charge is 2.36. The zero-order chi connectivity index (χ0) is 27.7. The number of sulfone groups is 1. The van der Waals surface area contributed by atoms with Crippen LogP contribution >= 0.6 is 11.6 Å². The number of halogens is 5. The highest BCUT2D eigenvalue weighted by molar-refractivity contribution is 7.91. The van der Waals surface area contributed by atoms with Crippen LogP contribution in [0, 0.1) is 0 Å². The minimum absolute atomic E-state index is 0.103. The molecule has 0 saturated carbocycles. The number of alkyl halides is 4. The number of pyridine rings is 2. The van der Waals surface area contributed by atoms with Crippen LogP contribution in [-0.4, -0.2) is 70.3 Å². The van der Waals surface area contributed by atoms with Gasteiger partial charge in [0.15, 0.2) is 11.4 Å². The molecule has 1 saturated heterocycles. The maximum Gasteiger partial charge on any atom is 0.287 e. The molecule has 0 spiro atoms. The smallest absolute Gasteiger partial charge is 0.287 e. The maximum atomic E-state index is 13.4. The summed E-state index contributed by atoms with van der Waals surface area (Å²) in [6.45, 7) is -0.112. The fourth-order valence-corrected chi connectivity index (χ4v) is 5.70. The van der Waals surface area contributed by atoms with Crippen LogP contribution in [-0.2, 0) is 16.4 Å². The molecule has 0 atom stereocenters. The number of hydrogen-bond acceptors (Lipinski definition) is 8. The Morgan fingerprint density at radius 3 is 2.55 bits per heavy atom. The number of carbonyl (C=O) groups is 1. The Balaban J connectivity index is 1.63. The van der Waals surface area contributed by atoms with Crippen molar-refractivity contribution in [3.63, 3.8) is 0 Å². The lowest BCUT2D eigenvalue weighted by Crippen LogP contribution is -2.51. The molecule has 0 aromatic carbocycles. The average Bonchev–Trinajstić information content (AvgIpc) is 3.18. The molecule has 0 unspecified atom stereocenters. The maximum absolute atomic E-state index is 13.4. The number of nitrogens with zero attached hydrogens (tertiary/aromatic N) is 4. The third kappa shape index (κ3) is 6.62. The van der Waals surface area contributed by atoms with E-state index in [1.165, 1.54) is 24.4 Å². The second-order valence-electron chi connectivity index (χ2n) is 8.86. The van der Waals surface area contributed by atoms with Crippen molar-refractivity contribution < 1.29 is 40.2 Å².